The van der Waals surface area contributed by atoms with E-state index in [4.69, 9.17) is 16.3 Å². The van der Waals surface area contributed by atoms with Crippen LogP contribution in [0.25, 0.3) is 0 Å². The molecule has 1 fully saturated rings. The molecule has 172 valence electrons. The Morgan fingerprint density at radius 3 is 2.53 bits per heavy atom. The summed E-state index contributed by atoms with van der Waals surface area (Å²) in [6.07, 6.45) is 1.14. The number of rotatable bonds is 9. The molecule has 1 aromatic carbocycles. The number of aryl methyl sites for hydroxylation is 1. The minimum absolute atomic E-state index is 0.141. The third-order valence-corrected chi connectivity index (χ3v) is 7.38. The molecule has 0 bridgehead atoms. The molecule has 12 heteroatoms. The first-order chi connectivity index (χ1) is 15.0. The number of hydrogen-bond acceptors (Lipinski definition) is 7. The summed E-state index contributed by atoms with van der Waals surface area (Å²) in [5.41, 5.74) is 0.621. The van der Waals surface area contributed by atoms with Gasteiger partial charge >= 0.3 is 5.97 Å². The van der Waals surface area contributed by atoms with Gasteiger partial charge in [0.05, 0.1) is 23.0 Å². The minimum Gasteiger partial charge on any atom is -0.461 e. The van der Waals surface area contributed by atoms with E-state index in [9.17, 15) is 28.1 Å². The summed E-state index contributed by atoms with van der Waals surface area (Å²) in [5, 5.41) is 11.0. The SMILES string of the molecule is CCOC(=O)c1[nH]c(C)c(C(=O)CN(C2CC2)S(=O)(=O)c2ccc(Cl)c([N+](=O)[O-])c2)c1C. The van der Waals surface area contributed by atoms with Gasteiger partial charge in [0.1, 0.15) is 10.7 Å². The molecule has 0 radical (unpaired) electrons. The van der Waals surface area contributed by atoms with Gasteiger partial charge in [0.25, 0.3) is 5.69 Å². The first-order valence-corrected chi connectivity index (χ1v) is 11.7. The van der Waals surface area contributed by atoms with E-state index in [0.29, 0.717) is 24.1 Å². The van der Waals surface area contributed by atoms with E-state index in [1.54, 1.807) is 20.8 Å². The van der Waals surface area contributed by atoms with Crippen molar-refractivity contribution in [3.8, 4) is 0 Å². The number of esters is 1. The highest BCUT2D eigenvalue weighted by Gasteiger charge is 2.40. The van der Waals surface area contributed by atoms with Crippen LogP contribution in [0.4, 0.5) is 5.69 Å². The molecular formula is C20H22ClN3O7S. The third kappa shape index (κ3) is 4.54. The van der Waals surface area contributed by atoms with Gasteiger partial charge in [-0.3, -0.25) is 14.9 Å². The topological polar surface area (TPSA) is 140 Å². The third-order valence-electron chi connectivity index (χ3n) is 5.17. The average molecular weight is 484 g/mol. The van der Waals surface area contributed by atoms with Crippen LogP contribution in [-0.2, 0) is 14.8 Å². The number of aromatic amines is 1. The fourth-order valence-electron chi connectivity index (χ4n) is 3.50. The second-order valence-electron chi connectivity index (χ2n) is 7.42. The van der Waals surface area contributed by atoms with Gasteiger partial charge in [-0.2, -0.15) is 4.31 Å². The first-order valence-electron chi connectivity index (χ1n) is 9.84. The Labute approximate surface area is 189 Å². The predicted molar refractivity (Wildman–Crippen MR) is 116 cm³/mol. The zero-order chi connectivity index (χ0) is 23.8. The fraction of sp³-hybridized carbons (Fsp3) is 0.400. The second-order valence-corrected chi connectivity index (χ2v) is 9.72. The maximum atomic E-state index is 13.3. The molecule has 0 atom stereocenters. The number of nitro benzene ring substituents is 1. The molecule has 0 spiro atoms. The van der Waals surface area contributed by atoms with Crippen molar-refractivity contribution in [3.63, 3.8) is 0 Å². The van der Waals surface area contributed by atoms with Crippen molar-refractivity contribution in [3.05, 3.63) is 55.9 Å². The summed E-state index contributed by atoms with van der Waals surface area (Å²) in [4.78, 5) is 38.2. The molecule has 1 N–H and O–H groups in total. The molecule has 0 saturated heterocycles. The molecule has 0 unspecified atom stereocenters. The van der Waals surface area contributed by atoms with Crippen molar-refractivity contribution < 1.29 is 27.7 Å². The zero-order valence-corrected chi connectivity index (χ0v) is 19.2. The quantitative estimate of drug-likeness (QED) is 0.249. The highest BCUT2D eigenvalue weighted by atomic mass is 35.5. The maximum absolute atomic E-state index is 13.3. The number of nitro groups is 1. The fourth-order valence-corrected chi connectivity index (χ4v) is 5.35. The standard InChI is InChI=1S/C20H22ClN3O7S/c1-4-31-20(26)19-11(2)18(12(3)22-19)17(25)10-23(13-5-6-13)32(29,30)14-7-8-15(21)16(9-14)24(27)28/h7-9,13,22H,4-6,10H2,1-3H3. The Kier molecular flexibility index (Phi) is 6.72. The number of carbonyl (C=O) groups is 2. The van der Waals surface area contributed by atoms with E-state index in [2.05, 4.69) is 4.98 Å². The number of benzene rings is 1. The van der Waals surface area contributed by atoms with Crippen LogP contribution in [0.2, 0.25) is 5.02 Å². The summed E-state index contributed by atoms with van der Waals surface area (Å²) in [6.45, 7) is 4.56. The number of halogens is 1. The Morgan fingerprint density at radius 2 is 1.97 bits per heavy atom. The Balaban J connectivity index is 1.95. The lowest BCUT2D eigenvalue weighted by molar-refractivity contribution is -0.384. The van der Waals surface area contributed by atoms with Gasteiger partial charge in [0.15, 0.2) is 5.78 Å². The number of carbonyl (C=O) groups excluding carboxylic acids is 2. The van der Waals surface area contributed by atoms with E-state index in [1.807, 2.05) is 0 Å². The largest absolute Gasteiger partial charge is 0.461 e. The van der Waals surface area contributed by atoms with Crippen LogP contribution in [0, 0.1) is 24.0 Å². The van der Waals surface area contributed by atoms with Crippen LogP contribution in [0.1, 0.15) is 51.9 Å². The molecule has 1 heterocycles. The summed E-state index contributed by atoms with van der Waals surface area (Å²) in [5.74, 6) is -1.10. The maximum Gasteiger partial charge on any atom is 0.355 e. The molecule has 10 nitrogen and oxygen atoms in total. The van der Waals surface area contributed by atoms with Crippen LogP contribution in [0.5, 0.6) is 0 Å². The van der Waals surface area contributed by atoms with Crippen molar-refractivity contribution in [1.82, 2.24) is 9.29 Å². The number of ketones is 1. The van der Waals surface area contributed by atoms with Crippen molar-refractivity contribution in [2.24, 2.45) is 0 Å². The number of nitrogens with zero attached hydrogens (tertiary/aromatic N) is 2. The number of H-pyrrole nitrogens is 1. The van der Waals surface area contributed by atoms with Crippen LogP contribution in [-0.4, -0.2) is 53.6 Å². The van der Waals surface area contributed by atoms with Gasteiger partial charge in [-0.15, -0.1) is 0 Å². The minimum atomic E-state index is -4.21. The van der Waals surface area contributed by atoms with Gasteiger partial charge in [-0.05, 0) is 51.3 Å². The van der Waals surface area contributed by atoms with Crippen LogP contribution in [0.15, 0.2) is 23.1 Å². The molecule has 1 aliphatic rings. The smallest absolute Gasteiger partial charge is 0.355 e. The number of Topliss-reactive ketones (excluding diaryl/α,β-unsaturated/α-hetero) is 1. The molecule has 1 aliphatic carbocycles. The van der Waals surface area contributed by atoms with Crippen molar-refractivity contribution in [2.75, 3.05) is 13.2 Å². The highest BCUT2D eigenvalue weighted by Crippen LogP contribution is 2.35. The molecule has 1 aromatic heterocycles. The summed E-state index contributed by atoms with van der Waals surface area (Å²) in [6, 6.07) is 2.83. The highest BCUT2D eigenvalue weighted by molar-refractivity contribution is 7.89. The molecule has 2 aromatic rings. The van der Waals surface area contributed by atoms with Crippen molar-refractivity contribution in [1.29, 1.82) is 0 Å². The number of sulfonamides is 1. The average Bonchev–Trinajstić information content (AvgIpc) is 3.50. The number of hydrogen-bond donors (Lipinski definition) is 1. The molecule has 0 aliphatic heterocycles. The lowest BCUT2D eigenvalue weighted by Gasteiger charge is -2.21. The zero-order valence-electron chi connectivity index (χ0n) is 17.7. The van der Waals surface area contributed by atoms with Crippen LogP contribution >= 0.6 is 11.6 Å². The molecule has 32 heavy (non-hydrogen) atoms. The van der Waals surface area contributed by atoms with Crippen LogP contribution < -0.4 is 0 Å². The van der Waals surface area contributed by atoms with Crippen molar-refractivity contribution in [2.45, 2.75) is 44.6 Å². The summed E-state index contributed by atoms with van der Waals surface area (Å²) >= 11 is 5.80. The van der Waals surface area contributed by atoms with Crippen molar-refractivity contribution >= 4 is 39.1 Å². The van der Waals surface area contributed by atoms with Gasteiger partial charge in [0.2, 0.25) is 10.0 Å². The second kappa shape index (κ2) is 9.00. The lowest BCUT2D eigenvalue weighted by Crippen LogP contribution is -2.37. The Bertz CT molecular complexity index is 1200. The predicted octanol–water partition coefficient (Wildman–Crippen LogP) is 3.41. The van der Waals surface area contributed by atoms with E-state index in [-0.39, 0.29) is 33.8 Å². The van der Waals surface area contributed by atoms with E-state index >= 15 is 0 Å². The van der Waals surface area contributed by atoms with E-state index in [1.165, 1.54) is 6.07 Å². The molecule has 3 rings (SSSR count). The van der Waals surface area contributed by atoms with Gasteiger partial charge in [-0.25, -0.2) is 13.2 Å². The van der Waals surface area contributed by atoms with Gasteiger partial charge in [0, 0.05) is 23.4 Å². The molecule has 1 saturated carbocycles. The molecular weight excluding hydrogens is 462 g/mol. The Hall–Kier alpha value is -2.76. The van der Waals surface area contributed by atoms with Crippen LogP contribution in [0.3, 0.4) is 0 Å². The monoisotopic (exact) mass is 483 g/mol. The van der Waals surface area contributed by atoms with E-state index in [0.717, 1.165) is 16.4 Å². The Morgan fingerprint density at radius 1 is 1.31 bits per heavy atom. The number of nitrogens with one attached hydrogen (secondary N) is 1. The van der Waals surface area contributed by atoms with Gasteiger partial charge in [-0.1, -0.05) is 11.6 Å². The summed E-state index contributed by atoms with van der Waals surface area (Å²) in [7, 11) is -4.21. The number of aromatic nitrogens is 1. The normalized spacial score (nSPS) is 13.9. The lowest BCUT2D eigenvalue weighted by atomic mass is 10.1. The van der Waals surface area contributed by atoms with E-state index < -0.39 is 38.9 Å². The van der Waals surface area contributed by atoms with Gasteiger partial charge < -0.3 is 9.72 Å². The summed E-state index contributed by atoms with van der Waals surface area (Å²) < 4.78 is 32.6. The molecule has 0 amide bonds. The first kappa shape index (κ1) is 23.9. The number of ether oxygens (including phenoxy) is 1.